The van der Waals surface area contributed by atoms with E-state index >= 15 is 0 Å². The van der Waals surface area contributed by atoms with Crippen molar-refractivity contribution in [3.63, 3.8) is 0 Å². The molecule has 0 radical (unpaired) electrons. The topological polar surface area (TPSA) is 9.23 Å². The van der Waals surface area contributed by atoms with Crippen molar-refractivity contribution in [2.75, 3.05) is 5.88 Å². The van der Waals surface area contributed by atoms with Gasteiger partial charge in [-0.05, 0) is 48.4 Å². The molecule has 0 aliphatic carbocycles. The fraction of sp³-hybridized carbons (Fsp3) is 0.333. The Bertz CT molecular complexity index is 637. The molecule has 0 saturated carbocycles. The molecule has 0 aliphatic heterocycles. The van der Waals surface area contributed by atoms with E-state index in [1.165, 1.54) is 10.8 Å². The van der Waals surface area contributed by atoms with Crippen LogP contribution in [0.4, 0.5) is 0 Å². The lowest BCUT2D eigenvalue weighted by molar-refractivity contribution is 0.218. The van der Waals surface area contributed by atoms with Crippen LogP contribution in [0.1, 0.15) is 32.3 Å². The summed E-state index contributed by atoms with van der Waals surface area (Å²) in [5, 5.41) is 2.35. The quantitative estimate of drug-likeness (QED) is 0.568. The zero-order chi connectivity index (χ0) is 14.4. The highest BCUT2D eigenvalue weighted by atomic mass is 35.5. The van der Waals surface area contributed by atoms with Gasteiger partial charge < -0.3 is 4.74 Å². The molecule has 2 rings (SSSR count). The first-order chi connectivity index (χ1) is 9.72. The fourth-order valence-electron chi connectivity index (χ4n) is 1.90. The lowest BCUT2D eigenvalue weighted by atomic mass is 10.1. The Morgan fingerprint density at radius 1 is 1.15 bits per heavy atom. The number of fused-ring (bicyclic) bond motifs is 1. The van der Waals surface area contributed by atoms with E-state index < -0.39 is 0 Å². The van der Waals surface area contributed by atoms with E-state index in [2.05, 4.69) is 50.0 Å². The Morgan fingerprint density at radius 3 is 2.65 bits per heavy atom. The molecule has 0 amide bonds. The van der Waals surface area contributed by atoms with Crippen molar-refractivity contribution in [2.45, 2.75) is 32.8 Å². The van der Waals surface area contributed by atoms with Gasteiger partial charge in [0.1, 0.15) is 5.75 Å². The third kappa shape index (κ3) is 3.92. The number of halogens is 1. The molecule has 0 heterocycles. The van der Waals surface area contributed by atoms with E-state index in [-0.39, 0.29) is 6.10 Å². The van der Waals surface area contributed by atoms with Crippen molar-refractivity contribution < 1.29 is 4.74 Å². The average molecular weight is 287 g/mol. The van der Waals surface area contributed by atoms with Gasteiger partial charge in [0.05, 0.1) is 6.10 Å². The lowest BCUT2D eigenvalue weighted by Crippen LogP contribution is -2.09. The van der Waals surface area contributed by atoms with Crippen molar-refractivity contribution in [1.82, 2.24) is 0 Å². The monoisotopic (exact) mass is 286 g/mol. The second-order valence-electron chi connectivity index (χ2n) is 4.80. The Labute approximate surface area is 125 Å². The normalized spacial score (nSPS) is 11.8. The first-order valence-corrected chi connectivity index (χ1v) is 7.51. The molecule has 0 saturated heterocycles. The molecular weight excluding hydrogens is 268 g/mol. The van der Waals surface area contributed by atoms with Gasteiger partial charge in [-0.1, -0.05) is 30.9 Å². The predicted octanol–water partition coefficient (Wildman–Crippen LogP) is 5.00. The molecule has 0 aliphatic rings. The lowest BCUT2D eigenvalue weighted by Gasteiger charge is -2.13. The molecular formula is C18H19ClO. The maximum atomic E-state index is 5.84. The van der Waals surface area contributed by atoms with Crippen molar-refractivity contribution in [1.29, 1.82) is 0 Å². The van der Waals surface area contributed by atoms with Crippen LogP contribution in [0, 0.1) is 11.8 Å². The molecule has 1 unspecified atom stereocenters. The van der Waals surface area contributed by atoms with E-state index in [0.29, 0.717) is 5.88 Å². The molecule has 20 heavy (non-hydrogen) atoms. The van der Waals surface area contributed by atoms with Crippen LogP contribution < -0.4 is 4.74 Å². The largest absolute Gasteiger partial charge is 0.491 e. The average Bonchev–Trinajstić information content (AvgIpc) is 2.47. The molecule has 0 spiro atoms. The van der Waals surface area contributed by atoms with E-state index in [0.717, 1.165) is 24.2 Å². The van der Waals surface area contributed by atoms with Crippen LogP contribution in [-0.4, -0.2) is 12.0 Å². The number of hydrogen-bond donors (Lipinski definition) is 0. The van der Waals surface area contributed by atoms with Gasteiger partial charge in [-0.3, -0.25) is 0 Å². The second kappa shape index (κ2) is 7.22. The van der Waals surface area contributed by atoms with E-state index in [1.807, 2.05) is 12.1 Å². The minimum absolute atomic E-state index is 0.244. The Hall–Kier alpha value is -1.65. The highest BCUT2D eigenvalue weighted by Crippen LogP contribution is 2.23. The summed E-state index contributed by atoms with van der Waals surface area (Å²) in [6.07, 6.45) is 1.97. The Kier molecular flexibility index (Phi) is 5.32. The third-order valence-electron chi connectivity index (χ3n) is 3.18. The number of rotatable bonds is 4. The summed E-state index contributed by atoms with van der Waals surface area (Å²) in [5.74, 6) is 7.69. The maximum Gasteiger partial charge on any atom is 0.120 e. The van der Waals surface area contributed by atoms with Gasteiger partial charge in [0, 0.05) is 17.9 Å². The van der Waals surface area contributed by atoms with Crippen LogP contribution in [0.2, 0.25) is 0 Å². The molecule has 0 fully saturated rings. The number of ether oxygens (including phenoxy) is 1. The summed E-state index contributed by atoms with van der Waals surface area (Å²) in [6, 6.07) is 12.4. The first-order valence-electron chi connectivity index (χ1n) is 6.98. The van der Waals surface area contributed by atoms with Crippen LogP contribution in [0.15, 0.2) is 36.4 Å². The van der Waals surface area contributed by atoms with Gasteiger partial charge in [-0.15, -0.1) is 11.6 Å². The molecule has 2 aromatic carbocycles. The van der Waals surface area contributed by atoms with Crippen LogP contribution in [0.3, 0.4) is 0 Å². The number of hydrogen-bond acceptors (Lipinski definition) is 1. The Morgan fingerprint density at radius 2 is 1.90 bits per heavy atom. The van der Waals surface area contributed by atoms with Gasteiger partial charge in [0.25, 0.3) is 0 Å². The van der Waals surface area contributed by atoms with E-state index in [9.17, 15) is 0 Å². The summed E-state index contributed by atoms with van der Waals surface area (Å²) in [5.41, 5.74) is 1.03. The second-order valence-corrected chi connectivity index (χ2v) is 5.18. The van der Waals surface area contributed by atoms with Gasteiger partial charge in [0.15, 0.2) is 0 Å². The molecule has 0 N–H and O–H groups in total. The zero-order valence-corrected chi connectivity index (χ0v) is 12.7. The van der Waals surface area contributed by atoms with Crippen molar-refractivity contribution in [3.8, 4) is 17.6 Å². The van der Waals surface area contributed by atoms with Crippen molar-refractivity contribution in [3.05, 3.63) is 42.0 Å². The van der Waals surface area contributed by atoms with Gasteiger partial charge in [-0.2, -0.15) is 0 Å². The Balaban J connectivity index is 2.23. The molecule has 104 valence electrons. The summed E-state index contributed by atoms with van der Waals surface area (Å²) in [6.45, 7) is 4.21. The molecule has 2 aromatic rings. The molecule has 0 aromatic heterocycles. The van der Waals surface area contributed by atoms with Crippen LogP contribution >= 0.6 is 11.6 Å². The van der Waals surface area contributed by atoms with Crippen molar-refractivity contribution in [2.24, 2.45) is 0 Å². The maximum absolute atomic E-state index is 5.84. The summed E-state index contributed by atoms with van der Waals surface area (Å²) in [7, 11) is 0. The van der Waals surface area contributed by atoms with Crippen LogP contribution in [0.25, 0.3) is 10.8 Å². The smallest absolute Gasteiger partial charge is 0.120 e. The highest BCUT2D eigenvalue weighted by Gasteiger charge is 2.02. The summed E-state index contributed by atoms with van der Waals surface area (Å²) >= 11 is 5.62. The number of benzene rings is 2. The minimum atomic E-state index is 0.244. The summed E-state index contributed by atoms with van der Waals surface area (Å²) in [4.78, 5) is 0. The van der Waals surface area contributed by atoms with E-state index in [4.69, 9.17) is 16.3 Å². The fourth-order valence-corrected chi connectivity index (χ4v) is 2.00. The third-order valence-corrected chi connectivity index (χ3v) is 3.37. The van der Waals surface area contributed by atoms with Gasteiger partial charge in [0.2, 0.25) is 0 Å². The molecule has 1 nitrogen and oxygen atoms in total. The van der Waals surface area contributed by atoms with E-state index in [1.54, 1.807) is 0 Å². The van der Waals surface area contributed by atoms with Crippen LogP contribution in [0.5, 0.6) is 5.75 Å². The zero-order valence-electron chi connectivity index (χ0n) is 11.9. The SMILES string of the molecule is CCC(C)Oc1ccc2cc(C#CCCCl)ccc2c1. The number of alkyl halides is 1. The predicted molar refractivity (Wildman–Crippen MR) is 86.5 cm³/mol. The van der Waals surface area contributed by atoms with Crippen LogP contribution in [-0.2, 0) is 0 Å². The molecule has 2 heteroatoms. The summed E-state index contributed by atoms with van der Waals surface area (Å²) < 4.78 is 5.84. The molecule has 0 bridgehead atoms. The van der Waals surface area contributed by atoms with Gasteiger partial charge in [-0.25, -0.2) is 0 Å². The van der Waals surface area contributed by atoms with Crippen molar-refractivity contribution >= 4 is 22.4 Å². The molecule has 1 atom stereocenters. The first kappa shape index (κ1) is 14.8. The standard InChI is InChI=1S/C18H19ClO/c1-3-14(2)20-18-10-9-16-12-15(6-4-5-11-19)7-8-17(16)13-18/h7-10,12-14H,3,5,11H2,1-2H3. The van der Waals surface area contributed by atoms with Gasteiger partial charge >= 0.3 is 0 Å². The highest BCUT2D eigenvalue weighted by molar-refractivity contribution is 6.18. The minimum Gasteiger partial charge on any atom is -0.491 e.